The first-order valence-electron chi connectivity index (χ1n) is 8.98. The van der Waals surface area contributed by atoms with E-state index in [1.54, 1.807) is 23.4 Å². The van der Waals surface area contributed by atoms with E-state index >= 15 is 0 Å². The fourth-order valence-electron chi connectivity index (χ4n) is 3.17. The van der Waals surface area contributed by atoms with Crippen LogP contribution in [-0.4, -0.2) is 59.9 Å². The van der Waals surface area contributed by atoms with Gasteiger partial charge in [0.15, 0.2) is 5.01 Å². The zero-order valence-corrected chi connectivity index (χ0v) is 16.1. The van der Waals surface area contributed by atoms with Crippen molar-refractivity contribution in [3.05, 3.63) is 46.2 Å². The van der Waals surface area contributed by atoms with Crippen LogP contribution in [0.2, 0.25) is 0 Å². The maximum atomic E-state index is 13.1. The van der Waals surface area contributed by atoms with Crippen LogP contribution < -0.4 is 4.90 Å². The summed E-state index contributed by atoms with van der Waals surface area (Å²) in [5.41, 5.74) is 0.981. The third kappa shape index (κ3) is 4.66. The molecule has 0 unspecified atom stereocenters. The highest BCUT2D eigenvalue weighted by Gasteiger charge is 2.34. The van der Waals surface area contributed by atoms with Crippen molar-refractivity contribution in [3.63, 3.8) is 0 Å². The molecule has 3 heterocycles. The molecule has 0 N–H and O–H groups in total. The van der Waals surface area contributed by atoms with Gasteiger partial charge in [0.25, 0.3) is 0 Å². The summed E-state index contributed by atoms with van der Waals surface area (Å²) in [4.78, 5) is 18.8. The molecule has 1 aromatic carbocycles. The molecule has 0 saturated carbocycles. The average Bonchev–Trinajstić information content (AvgIpc) is 3.19. The Labute approximate surface area is 168 Å². The Morgan fingerprint density at radius 3 is 2.28 bits per heavy atom. The fraction of sp³-hybridized carbons (Fsp3) is 0.389. The summed E-state index contributed by atoms with van der Waals surface area (Å²) in [6, 6.07) is 6.44. The molecule has 0 aliphatic carbocycles. The van der Waals surface area contributed by atoms with Gasteiger partial charge in [0.1, 0.15) is 12.5 Å². The maximum absolute atomic E-state index is 13.1. The number of nitrogens with zero attached hydrogens (tertiary/aromatic N) is 6. The van der Waals surface area contributed by atoms with Gasteiger partial charge in [0.05, 0.1) is 12.9 Å². The molecule has 2 aromatic rings. The minimum atomic E-state index is -4.42. The molecule has 29 heavy (non-hydrogen) atoms. The van der Waals surface area contributed by atoms with E-state index in [0.717, 1.165) is 31.9 Å². The van der Waals surface area contributed by atoms with Crippen LogP contribution in [0.1, 0.15) is 9.88 Å². The van der Waals surface area contributed by atoms with Crippen molar-refractivity contribution in [2.24, 2.45) is 9.98 Å². The lowest BCUT2D eigenvalue weighted by molar-refractivity contribution is -0.137. The van der Waals surface area contributed by atoms with Crippen molar-refractivity contribution < 1.29 is 17.6 Å². The van der Waals surface area contributed by atoms with E-state index < -0.39 is 11.2 Å². The Balaban J connectivity index is 1.29. The van der Waals surface area contributed by atoms with Crippen LogP contribution in [0, 0.1) is 5.82 Å². The number of halogens is 4. The molecule has 154 valence electrons. The maximum Gasteiger partial charge on any atom is 0.443 e. The number of benzene rings is 1. The van der Waals surface area contributed by atoms with Crippen LogP contribution >= 0.6 is 11.3 Å². The zero-order valence-electron chi connectivity index (χ0n) is 15.3. The standard InChI is InChI=1S/C18H18F4N6S/c19-13-1-3-14(4-2-13)27-5-7-28(8-6-27)17-24-11-26(12-25-17)10-15-9-23-16(29-15)18(20,21)22/h1-4,9,11H,5-8,10,12H2. The van der Waals surface area contributed by atoms with Crippen LogP contribution in [0.25, 0.3) is 0 Å². The van der Waals surface area contributed by atoms with Gasteiger partial charge in [-0.3, -0.25) is 0 Å². The predicted octanol–water partition coefficient (Wildman–Crippen LogP) is 3.28. The number of thiazole rings is 1. The smallest absolute Gasteiger partial charge is 0.368 e. The van der Waals surface area contributed by atoms with E-state index in [1.807, 2.05) is 0 Å². The predicted molar refractivity (Wildman–Crippen MR) is 104 cm³/mol. The van der Waals surface area contributed by atoms with Gasteiger partial charge < -0.3 is 14.7 Å². The molecule has 1 fully saturated rings. The molecule has 0 spiro atoms. The minimum absolute atomic E-state index is 0.254. The molecule has 2 aliphatic rings. The quantitative estimate of drug-likeness (QED) is 0.707. The molecule has 1 saturated heterocycles. The molecular formula is C18H18F4N6S. The third-order valence-corrected chi connectivity index (χ3v) is 5.67. The van der Waals surface area contributed by atoms with Crippen molar-refractivity contribution in [2.45, 2.75) is 12.7 Å². The van der Waals surface area contributed by atoms with E-state index in [0.29, 0.717) is 28.8 Å². The summed E-state index contributed by atoms with van der Waals surface area (Å²) in [5.74, 6) is 0.371. The lowest BCUT2D eigenvalue weighted by atomic mass is 10.2. The Hall–Kier alpha value is -2.69. The highest BCUT2D eigenvalue weighted by atomic mass is 32.1. The number of rotatable bonds is 3. The Kier molecular flexibility index (Phi) is 5.39. The molecule has 1 aromatic heterocycles. The van der Waals surface area contributed by atoms with Gasteiger partial charge in [0.2, 0.25) is 5.96 Å². The SMILES string of the molecule is Fc1ccc(N2CCN(C3=NCN(Cc4cnc(C(F)(F)F)s4)C=N3)CC2)cc1. The van der Waals surface area contributed by atoms with Gasteiger partial charge in [-0.2, -0.15) is 13.2 Å². The summed E-state index contributed by atoms with van der Waals surface area (Å²) in [6.45, 7) is 3.62. The van der Waals surface area contributed by atoms with Gasteiger partial charge in [-0.05, 0) is 24.3 Å². The van der Waals surface area contributed by atoms with Crippen LogP contribution in [0.15, 0.2) is 40.4 Å². The molecule has 6 nitrogen and oxygen atoms in total. The highest BCUT2D eigenvalue weighted by molar-refractivity contribution is 7.11. The van der Waals surface area contributed by atoms with E-state index in [-0.39, 0.29) is 12.4 Å². The summed E-state index contributed by atoms with van der Waals surface area (Å²) in [6.07, 6.45) is -1.56. The third-order valence-electron chi connectivity index (χ3n) is 4.64. The van der Waals surface area contributed by atoms with Gasteiger partial charge in [-0.25, -0.2) is 19.4 Å². The van der Waals surface area contributed by atoms with Crippen LogP contribution in [0.3, 0.4) is 0 Å². The van der Waals surface area contributed by atoms with E-state index in [1.165, 1.54) is 18.3 Å². The Bertz CT molecular complexity index is 900. The van der Waals surface area contributed by atoms with Crippen molar-refractivity contribution in [1.82, 2.24) is 14.8 Å². The van der Waals surface area contributed by atoms with Crippen LogP contribution in [0.4, 0.5) is 23.2 Å². The summed E-state index contributed by atoms with van der Waals surface area (Å²) >= 11 is 0.634. The van der Waals surface area contributed by atoms with Crippen LogP contribution in [0.5, 0.6) is 0 Å². The number of piperazine rings is 1. The van der Waals surface area contributed by atoms with Gasteiger partial charge in [0, 0.05) is 42.9 Å². The highest BCUT2D eigenvalue weighted by Crippen LogP contribution is 2.32. The number of aliphatic imine (C=N–C) groups is 2. The second-order valence-corrected chi connectivity index (χ2v) is 7.79. The second kappa shape index (κ2) is 7.97. The lowest BCUT2D eigenvalue weighted by Gasteiger charge is -2.37. The van der Waals surface area contributed by atoms with E-state index in [2.05, 4.69) is 24.8 Å². The lowest BCUT2D eigenvalue weighted by Crippen LogP contribution is -2.49. The summed E-state index contributed by atoms with van der Waals surface area (Å²) < 4.78 is 51.0. The first kappa shape index (κ1) is 19.6. The molecule has 11 heteroatoms. The van der Waals surface area contributed by atoms with Gasteiger partial charge >= 0.3 is 6.18 Å². The minimum Gasteiger partial charge on any atom is -0.368 e. The van der Waals surface area contributed by atoms with Crippen LogP contribution in [-0.2, 0) is 12.7 Å². The first-order chi connectivity index (χ1) is 13.9. The molecule has 0 atom stereocenters. The number of alkyl halides is 3. The van der Waals surface area contributed by atoms with Crippen molar-refractivity contribution in [2.75, 3.05) is 37.7 Å². The van der Waals surface area contributed by atoms with Crippen molar-refractivity contribution in [3.8, 4) is 0 Å². The number of hydrogen-bond acceptors (Lipinski definition) is 7. The topological polar surface area (TPSA) is 47.3 Å². The van der Waals surface area contributed by atoms with Crippen molar-refractivity contribution in [1.29, 1.82) is 0 Å². The molecule has 0 bridgehead atoms. The average molecular weight is 426 g/mol. The number of aromatic nitrogens is 1. The summed E-state index contributed by atoms with van der Waals surface area (Å²) in [7, 11) is 0. The largest absolute Gasteiger partial charge is 0.443 e. The number of hydrogen-bond donors (Lipinski definition) is 0. The molecular weight excluding hydrogens is 408 g/mol. The monoisotopic (exact) mass is 426 g/mol. The Morgan fingerprint density at radius 2 is 1.69 bits per heavy atom. The number of anilines is 1. The normalized spacial score (nSPS) is 17.7. The van der Waals surface area contributed by atoms with Gasteiger partial charge in [-0.1, -0.05) is 0 Å². The van der Waals surface area contributed by atoms with E-state index in [4.69, 9.17) is 0 Å². The molecule has 0 radical (unpaired) electrons. The Morgan fingerprint density at radius 1 is 1.00 bits per heavy atom. The van der Waals surface area contributed by atoms with Gasteiger partial charge in [-0.15, -0.1) is 11.3 Å². The molecule has 2 aliphatic heterocycles. The second-order valence-electron chi connectivity index (χ2n) is 6.67. The molecule has 4 rings (SSSR count). The summed E-state index contributed by atoms with van der Waals surface area (Å²) in [5, 5.41) is -0.843. The van der Waals surface area contributed by atoms with Crippen molar-refractivity contribution >= 4 is 29.3 Å². The zero-order chi connectivity index (χ0) is 20.4. The molecule has 0 amide bonds. The number of guanidine groups is 1. The first-order valence-corrected chi connectivity index (χ1v) is 9.80. The fourth-order valence-corrected chi connectivity index (χ4v) is 3.97. The van der Waals surface area contributed by atoms with E-state index in [9.17, 15) is 17.6 Å².